The SMILES string of the molecule is C[C@@H](NC(=O)[C@H]1CC[C@H](NS(=O)(=O)c2cnc3ccccc3c2)CC1)c1ccc(Cl)cc1. The zero-order valence-electron chi connectivity index (χ0n) is 17.8. The van der Waals surface area contributed by atoms with Crippen molar-refractivity contribution in [2.75, 3.05) is 0 Å². The van der Waals surface area contributed by atoms with Gasteiger partial charge < -0.3 is 5.32 Å². The molecule has 1 amide bonds. The zero-order chi connectivity index (χ0) is 22.7. The maximum Gasteiger partial charge on any atom is 0.242 e. The number of nitrogens with one attached hydrogen (secondary N) is 2. The van der Waals surface area contributed by atoms with E-state index >= 15 is 0 Å². The molecule has 1 aliphatic rings. The van der Waals surface area contributed by atoms with Gasteiger partial charge in [0, 0.05) is 28.6 Å². The monoisotopic (exact) mass is 471 g/mol. The standard InChI is InChI=1S/C24H26ClN3O3S/c1-16(17-6-10-20(25)11-7-17)27-24(29)18-8-12-21(13-9-18)28-32(30,31)22-14-19-4-2-3-5-23(19)26-15-22/h2-7,10-11,14-16,18,21,28H,8-9,12-13H2,1H3,(H,27,29)/t16-,18-,21-/m1/s1. The number of amides is 1. The van der Waals surface area contributed by atoms with Crippen molar-refractivity contribution >= 4 is 38.4 Å². The molecular formula is C24H26ClN3O3S. The Morgan fingerprint density at radius 3 is 2.47 bits per heavy atom. The van der Waals surface area contributed by atoms with Crippen molar-refractivity contribution in [1.82, 2.24) is 15.0 Å². The third-order valence-electron chi connectivity index (χ3n) is 6.02. The van der Waals surface area contributed by atoms with Crippen molar-refractivity contribution < 1.29 is 13.2 Å². The van der Waals surface area contributed by atoms with Crippen LogP contribution >= 0.6 is 11.6 Å². The van der Waals surface area contributed by atoms with Crippen LogP contribution in [0.1, 0.15) is 44.2 Å². The Bertz CT molecular complexity index is 1210. The number of sulfonamides is 1. The molecule has 32 heavy (non-hydrogen) atoms. The normalized spacial score (nSPS) is 20.1. The van der Waals surface area contributed by atoms with Gasteiger partial charge >= 0.3 is 0 Å². The molecule has 1 heterocycles. The highest BCUT2D eigenvalue weighted by Crippen LogP contribution is 2.27. The minimum absolute atomic E-state index is 0.00693. The average Bonchev–Trinajstić information content (AvgIpc) is 2.79. The highest BCUT2D eigenvalue weighted by atomic mass is 35.5. The number of carbonyl (C=O) groups is 1. The molecule has 2 aromatic carbocycles. The summed E-state index contributed by atoms with van der Waals surface area (Å²) in [7, 11) is -3.67. The van der Waals surface area contributed by atoms with E-state index in [0.717, 1.165) is 16.5 Å². The Kier molecular flexibility index (Phi) is 6.79. The van der Waals surface area contributed by atoms with E-state index < -0.39 is 10.0 Å². The molecule has 4 rings (SSSR count). The van der Waals surface area contributed by atoms with E-state index in [1.165, 1.54) is 6.20 Å². The van der Waals surface area contributed by atoms with Crippen LogP contribution in [0.4, 0.5) is 0 Å². The van der Waals surface area contributed by atoms with Crippen molar-refractivity contribution in [3.05, 3.63) is 71.4 Å². The number of carbonyl (C=O) groups excluding carboxylic acids is 1. The van der Waals surface area contributed by atoms with E-state index in [4.69, 9.17) is 11.6 Å². The maximum atomic E-state index is 12.8. The molecule has 2 N–H and O–H groups in total. The van der Waals surface area contributed by atoms with Crippen molar-refractivity contribution in [3.63, 3.8) is 0 Å². The highest BCUT2D eigenvalue weighted by Gasteiger charge is 2.30. The molecule has 8 heteroatoms. The Hall–Kier alpha value is -2.48. The van der Waals surface area contributed by atoms with Gasteiger partial charge in [0.05, 0.1) is 11.6 Å². The molecule has 0 saturated heterocycles. The average molecular weight is 472 g/mol. The lowest BCUT2D eigenvalue weighted by molar-refractivity contribution is -0.126. The second-order valence-corrected chi connectivity index (χ2v) is 10.5. The van der Waals surface area contributed by atoms with Crippen LogP contribution in [0.15, 0.2) is 65.7 Å². The first-order valence-corrected chi connectivity index (χ1v) is 12.6. The number of pyridine rings is 1. The molecule has 0 aliphatic heterocycles. The number of rotatable bonds is 6. The maximum absolute atomic E-state index is 12.8. The highest BCUT2D eigenvalue weighted by molar-refractivity contribution is 7.89. The molecule has 1 saturated carbocycles. The lowest BCUT2D eigenvalue weighted by atomic mass is 9.85. The summed E-state index contributed by atoms with van der Waals surface area (Å²) in [6.07, 6.45) is 3.91. The summed E-state index contributed by atoms with van der Waals surface area (Å²) < 4.78 is 28.5. The Morgan fingerprint density at radius 2 is 1.75 bits per heavy atom. The number of para-hydroxylation sites is 1. The summed E-state index contributed by atoms with van der Waals surface area (Å²) in [5.41, 5.74) is 1.75. The number of hydrogen-bond donors (Lipinski definition) is 2. The van der Waals surface area contributed by atoms with Crippen LogP contribution in [0.2, 0.25) is 5.02 Å². The quantitative estimate of drug-likeness (QED) is 0.549. The van der Waals surface area contributed by atoms with E-state index in [1.807, 2.05) is 55.5 Å². The van der Waals surface area contributed by atoms with Gasteiger partial charge in [-0.3, -0.25) is 9.78 Å². The fourth-order valence-electron chi connectivity index (χ4n) is 4.12. The number of hydrogen-bond acceptors (Lipinski definition) is 4. The first kappa shape index (κ1) is 22.7. The summed E-state index contributed by atoms with van der Waals surface area (Å²) in [6, 6.07) is 16.2. The molecule has 6 nitrogen and oxygen atoms in total. The predicted molar refractivity (Wildman–Crippen MR) is 126 cm³/mol. The third-order valence-corrected chi connectivity index (χ3v) is 7.76. The van der Waals surface area contributed by atoms with Crippen molar-refractivity contribution in [3.8, 4) is 0 Å². The Labute approximate surface area is 193 Å². The summed E-state index contributed by atoms with van der Waals surface area (Å²) in [5.74, 6) is -0.111. The Balaban J connectivity index is 1.32. The van der Waals surface area contributed by atoms with Crippen LogP contribution < -0.4 is 10.0 Å². The van der Waals surface area contributed by atoms with Gasteiger partial charge in [-0.15, -0.1) is 0 Å². The number of benzene rings is 2. The Morgan fingerprint density at radius 1 is 1.06 bits per heavy atom. The van der Waals surface area contributed by atoms with Gasteiger partial charge in [0.15, 0.2) is 0 Å². The number of aromatic nitrogens is 1. The number of halogens is 1. The van der Waals surface area contributed by atoms with Gasteiger partial charge in [0.1, 0.15) is 4.90 Å². The summed E-state index contributed by atoms with van der Waals surface area (Å²) in [5, 5.41) is 4.51. The zero-order valence-corrected chi connectivity index (χ0v) is 19.4. The predicted octanol–water partition coefficient (Wildman–Crippen LogP) is 4.60. The molecule has 0 radical (unpaired) electrons. The van der Waals surface area contributed by atoms with Crippen LogP contribution in [0.5, 0.6) is 0 Å². The van der Waals surface area contributed by atoms with E-state index in [9.17, 15) is 13.2 Å². The molecule has 1 aliphatic carbocycles. The lowest BCUT2D eigenvalue weighted by Crippen LogP contribution is -2.41. The van der Waals surface area contributed by atoms with Gasteiger partial charge in [-0.05, 0) is 62.4 Å². The van der Waals surface area contributed by atoms with E-state index in [1.54, 1.807) is 6.07 Å². The smallest absolute Gasteiger partial charge is 0.242 e. The summed E-state index contributed by atoms with van der Waals surface area (Å²) in [6.45, 7) is 1.94. The fraction of sp³-hybridized carbons (Fsp3) is 0.333. The van der Waals surface area contributed by atoms with Gasteiger partial charge in [-0.25, -0.2) is 13.1 Å². The minimum Gasteiger partial charge on any atom is -0.349 e. The van der Waals surface area contributed by atoms with Crippen LogP contribution in [-0.2, 0) is 14.8 Å². The van der Waals surface area contributed by atoms with Gasteiger partial charge in [0.25, 0.3) is 0 Å². The van der Waals surface area contributed by atoms with Crippen molar-refractivity contribution in [1.29, 1.82) is 0 Å². The fourth-order valence-corrected chi connectivity index (χ4v) is 5.53. The van der Waals surface area contributed by atoms with Crippen LogP contribution in [0.3, 0.4) is 0 Å². The van der Waals surface area contributed by atoms with Gasteiger partial charge in [0.2, 0.25) is 15.9 Å². The van der Waals surface area contributed by atoms with Gasteiger partial charge in [-0.1, -0.05) is 41.9 Å². The van der Waals surface area contributed by atoms with Crippen LogP contribution in [0.25, 0.3) is 10.9 Å². The molecule has 168 valence electrons. The first-order valence-electron chi connectivity index (χ1n) is 10.7. The van der Waals surface area contributed by atoms with E-state index in [0.29, 0.717) is 30.7 Å². The second kappa shape index (κ2) is 9.57. The van der Waals surface area contributed by atoms with E-state index in [-0.39, 0.29) is 28.8 Å². The summed E-state index contributed by atoms with van der Waals surface area (Å²) in [4.78, 5) is 17.1. The number of fused-ring (bicyclic) bond motifs is 1. The van der Waals surface area contributed by atoms with Crippen LogP contribution in [0, 0.1) is 5.92 Å². The second-order valence-electron chi connectivity index (χ2n) is 8.32. The molecule has 0 spiro atoms. The molecule has 0 unspecified atom stereocenters. The molecule has 1 aromatic heterocycles. The molecular weight excluding hydrogens is 446 g/mol. The topological polar surface area (TPSA) is 88.2 Å². The van der Waals surface area contributed by atoms with E-state index in [2.05, 4.69) is 15.0 Å². The molecule has 3 aromatic rings. The minimum atomic E-state index is -3.67. The molecule has 1 atom stereocenters. The first-order chi connectivity index (χ1) is 15.3. The van der Waals surface area contributed by atoms with Gasteiger partial charge in [-0.2, -0.15) is 0 Å². The molecule has 1 fully saturated rings. The van der Waals surface area contributed by atoms with Crippen LogP contribution in [-0.4, -0.2) is 25.4 Å². The third kappa shape index (κ3) is 5.28. The summed E-state index contributed by atoms with van der Waals surface area (Å²) >= 11 is 5.93. The van der Waals surface area contributed by atoms with Crippen molar-refractivity contribution in [2.45, 2.75) is 49.6 Å². The van der Waals surface area contributed by atoms with Crippen molar-refractivity contribution in [2.24, 2.45) is 5.92 Å². The largest absolute Gasteiger partial charge is 0.349 e. The number of nitrogens with zero attached hydrogens (tertiary/aromatic N) is 1. The molecule has 0 bridgehead atoms. The lowest BCUT2D eigenvalue weighted by Gasteiger charge is -2.29.